The van der Waals surface area contributed by atoms with E-state index in [0.717, 1.165) is 6.07 Å². The fraction of sp³-hybridized carbons (Fsp3) is 0. The number of nitriles is 1. The van der Waals surface area contributed by atoms with Gasteiger partial charge in [0.15, 0.2) is 0 Å². The van der Waals surface area contributed by atoms with Gasteiger partial charge in [-0.25, -0.2) is 8.78 Å². The Morgan fingerprint density at radius 2 is 1.92 bits per heavy atom. The molecule has 0 bridgehead atoms. The highest BCUT2D eigenvalue weighted by molar-refractivity contribution is 6.59. The normalized spacial score (nSPS) is 9.46. The van der Waals surface area contributed by atoms with E-state index in [9.17, 15) is 8.78 Å². The van der Waals surface area contributed by atoms with Crippen LogP contribution >= 0.6 is 0 Å². The predicted molar refractivity (Wildman–Crippen MR) is 40.9 cm³/mol. The van der Waals surface area contributed by atoms with E-state index in [1.807, 2.05) is 0 Å². The van der Waals surface area contributed by atoms with Crippen molar-refractivity contribution in [2.45, 2.75) is 0 Å². The number of rotatable bonds is 1. The zero-order chi connectivity index (χ0) is 10.0. The van der Waals surface area contributed by atoms with Crippen LogP contribution < -0.4 is 5.46 Å². The van der Waals surface area contributed by atoms with Gasteiger partial charge < -0.3 is 10.0 Å². The third-order valence-corrected chi connectivity index (χ3v) is 1.47. The first kappa shape index (κ1) is 9.64. The molecule has 0 unspecified atom stereocenters. The quantitative estimate of drug-likeness (QED) is 0.577. The molecule has 0 atom stereocenters. The molecule has 3 nitrogen and oxygen atoms in total. The summed E-state index contributed by atoms with van der Waals surface area (Å²) in [6.07, 6.45) is 0. The Morgan fingerprint density at radius 1 is 1.31 bits per heavy atom. The second-order valence-electron chi connectivity index (χ2n) is 2.33. The summed E-state index contributed by atoms with van der Waals surface area (Å²) in [6, 6.07) is 2.67. The molecule has 0 saturated heterocycles. The maximum atomic E-state index is 12.8. The van der Waals surface area contributed by atoms with Crippen LogP contribution in [0.2, 0.25) is 0 Å². The lowest BCUT2D eigenvalue weighted by atomic mass is 9.77. The zero-order valence-electron chi connectivity index (χ0n) is 6.33. The molecule has 1 rings (SSSR count). The maximum Gasteiger partial charge on any atom is 0.492 e. The molecule has 0 radical (unpaired) electrons. The Kier molecular flexibility index (Phi) is 2.61. The first-order chi connectivity index (χ1) is 6.06. The molecular formula is C7H4BF2NO2. The maximum absolute atomic E-state index is 12.8. The van der Waals surface area contributed by atoms with Crippen molar-refractivity contribution in [1.29, 1.82) is 5.26 Å². The minimum absolute atomic E-state index is 0.424. The van der Waals surface area contributed by atoms with Crippen LogP contribution in [-0.2, 0) is 0 Å². The lowest BCUT2D eigenvalue weighted by Crippen LogP contribution is -2.35. The van der Waals surface area contributed by atoms with Gasteiger partial charge in [0.25, 0.3) is 0 Å². The Balaban J connectivity index is 3.41. The third kappa shape index (κ3) is 1.83. The van der Waals surface area contributed by atoms with Crippen molar-refractivity contribution in [2.75, 3.05) is 0 Å². The monoisotopic (exact) mass is 183 g/mol. The number of hydrogen-bond acceptors (Lipinski definition) is 3. The summed E-state index contributed by atoms with van der Waals surface area (Å²) in [6.45, 7) is 0. The third-order valence-electron chi connectivity index (χ3n) is 1.47. The van der Waals surface area contributed by atoms with E-state index in [0.29, 0.717) is 6.07 Å². The summed E-state index contributed by atoms with van der Waals surface area (Å²) in [7, 11) is -2.12. The van der Waals surface area contributed by atoms with E-state index < -0.39 is 29.8 Å². The van der Waals surface area contributed by atoms with Crippen LogP contribution in [0.25, 0.3) is 0 Å². The Bertz CT molecular complexity index is 375. The van der Waals surface area contributed by atoms with Gasteiger partial charge in [0.05, 0.1) is 11.6 Å². The Labute approximate surface area is 73.0 Å². The fourth-order valence-corrected chi connectivity index (χ4v) is 0.940. The highest BCUT2D eigenvalue weighted by Gasteiger charge is 2.22. The van der Waals surface area contributed by atoms with Crippen LogP contribution in [0.1, 0.15) is 5.56 Å². The minimum atomic E-state index is -2.12. The molecule has 0 fully saturated rings. The molecule has 0 spiro atoms. The van der Waals surface area contributed by atoms with Crippen LogP contribution in [-0.4, -0.2) is 17.2 Å². The second-order valence-corrected chi connectivity index (χ2v) is 2.33. The molecule has 1 aromatic carbocycles. The van der Waals surface area contributed by atoms with Crippen LogP contribution in [0.5, 0.6) is 0 Å². The van der Waals surface area contributed by atoms with Crippen LogP contribution in [0.15, 0.2) is 12.1 Å². The topological polar surface area (TPSA) is 64.2 Å². The standard InChI is InChI=1S/C7H4BF2NO2/c9-5-1-4(3-11)7(8(12)13)6(10)2-5/h1-2,12-13H. The van der Waals surface area contributed by atoms with Crippen LogP contribution in [0.3, 0.4) is 0 Å². The smallest absolute Gasteiger partial charge is 0.423 e. The van der Waals surface area contributed by atoms with Crippen LogP contribution in [0, 0.1) is 23.0 Å². The largest absolute Gasteiger partial charge is 0.492 e. The second kappa shape index (κ2) is 3.52. The average molecular weight is 183 g/mol. The first-order valence-corrected chi connectivity index (χ1v) is 3.31. The van der Waals surface area contributed by atoms with Crippen molar-refractivity contribution in [2.24, 2.45) is 0 Å². The summed E-state index contributed by atoms with van der Waals surface area (Å²) in [5.74, 6) is -2.08. The molecule has 0 aliphatic rings. The molecule has 0 aliphatic heterocycles. The lowest BCUT2D eigenvalue weighted by molar-refractivity contribution is 0.422. The molecule has 6 heteroatoms. The molecule has 0 saturated carbocycles. The average Bonchev–Trinajstić information content (AvgIpc) is 2.01. The Hall–Kier alpha value is -1.45. The summed E-state index contributed by atoms with van der Waals surface area (Å²) >= 11 is 0. The fourth-order valence-electron chi connectivity index (χ4n) is 0.940. The number of nitrogens with zero attached hydrogens (tertiary/aromatic N) is 1. The summed E-state index contributed by atoms with van der Waals surface area (Å²) < 4.78 is 25.3. The SMILES string of the molecule is N#Cc1cc(F)cc(F)c1B(O)O. The highest BCUT2D eigenvalue weighted by Crippen LogP contribution is 2.05. The van der Waals surface area contributed by atoms with Gasteiger partial charge in [-0.1, -0.05) is 0 Å². The number of halogens is 2. The molecule has 2 N–H and O–H groups in total. The van der Waals surface area contributed by atoms with Gasteiger partial charge in [-0.2, -0.15) is 5.26 Å². The molecule has 66 valence electrons. The predicted octanol–water partition coefficient (Wildman–Crippen LogP) is -0.484. The highest BCUT2D eigenvalue weighted by atomic mass is 19.1. The van der Waals surface area contributed by atoms with E-state index in [-0.39, 0.29) is 0 Å². The van der Waals surface area contributed by atoms with E-state index in [4.69, 9.17) is 15.3 Å². The number of benzene rings is 1. The molecule has 1 aromatic rings. The van der Waals surface area contributed by atoms with Crippen LogP contribution in [0.4, 0.5) is 8.78 Å². The lowest BCUT2D eigenvalue weighted by Gasteiger charge is -2.03. The van der Waals surface area contributed by atoms with Gasteiger partial charge in [0.2, 0.25) is 0 Å². The zero-order valence-corrected chi connectivity index (χ0v) is 6.33. The molecule has 13 heavy (non-hydrogen) atoms. The van der Waals surface area contributed by atoms with Crippen molar-refractivity contribution >= 4 is 12.6 Å². The summed E-state index contributed by atoms with van der Waals surface area (Å²) in [5, 5.41) is 25.7. The van der Waals surface area contributed by atoms with E-state index in [1.165, 1.54) is 6.07 Å². The summed E-state index contributed by atoms with van der Waals surface area (Å²) in [5.41, 5.74) is -1.03. The minimum Gasteiger partial charge on any atom is -0.423 e. The summed E-state index contributed by atoms with van der Waals surface area (Å²) in [4.78, 5) is 0. The number of hydrogen-bond donors (Lipinski definition) is 2. The Morgan fingerprint density at radius 3 is 2.38 bits per heavy atom. The van der Waals surface area contributed by atoms with Gasteiger partial charge in [0, 0.05) is 11.5 Å². The van der Waals surface area contributed by atoms with Crippen molar-refractivity contribution in [1.82, 2.24) is 0 Å². The van der Waals surface area contributed by atoms with Gasteiger partial charge in [-0.3, -0.25) is 0 Å². The van der Waals surface area contributed by atoms with E-state index in [1.54, 1.807) is 0 Å². The van der Waals surface area contributed by atoms with Crippen molar-refractivity contribution in [3.8, 4) is 6.07 Å². The molecule has 0 amide bonds. The van der Waals surface area contributed by atoms with Gasteiger partial charge in [0.1, 0.15) is 11.6 Å². The van der Waals surface area contributed by atoms with Crippen molar-refractivity contribution in [3.63, 3.8) is 0 Å². The van der Waals surface area contributed by atoms with Gasteiger partial charge in [-0.15, -0.1) is 0 Å². The van der Waals surface area contributed by atoms with Gasteiger partial charge >= 0.3 is 7.12 Å². The molecule has 0 aromatic heterocycles. The first-order valence-electron chi connectivity index (χ1n) is 3.31. The molecule has 0 aliphatic carbocycles. The molecule has 0 heterocycles. The van der Waals surface area contributed by atoms with E-state index >= 15 is 0 Å². The van der Waals surface area contributed by atoms with Crippen molar-refractivity contribution < 1.29 is 18.8 Å². The van der Waals surface area contributed by atoms with Crippen molar-refractivity contribution in [3.05, 3.63) is 29.3 Å². The van der Waals surface area contributed by atoms with E-state index in [2.05, 4.69) is 0 Å². The molecular weight excluding hydrogens is 179 g/mol. The van der Waals surface area contributed by atoms with Gasteiger partial charge in [-0.05, 0) is 6.07 Å².